The third-order valence-corrected chi connectivity index (χ3v) is 4.71. The topological polar surface area (TPSA) is 42.0 Å². The summed E-state index contributed by atoms with van der Waals surface area (Å²) in [5, 5.41) is 0. The Morgan fingerprint density at radius 3 is 2.55 bits per heavy atom. The van der Waals surface area contributed by atoms with Gasteiger partial charge in [-0.05, 0) is 25.7 Å². The fourth-order valence-corrected chi connectivity index (χ4v) is 3.37. The maximum Gasteiger partial charge on any atom is 0.306 e. The number of nitrogens with zero attached hydrogens (tertiary/aromatic N) is 2. The Balaban J connectivity index is 1.69. The number of carbonyl (C=O) groups excluding carboxylic acids is 1. The highest BCUT2D eigenvalue weighted by atomic mass is 16.5. The summed E-state index contributed by atoms with van der Waals surface area (Å²) in [6, 6.07) is 0.691. The fraction of sp³-hybridized carbons (Fsp3) is 0.933. The monoisotopic (exact) mass is 284 g/mol. The highest BCUT2D eigenvalue weighted by Crippen LogP contribution is 2.25. The molecule has 5 heteroatoms. The zero-order chi connectivity index (χ0) is 14.4. The first-order chi connectivity index (χ1) is 9.72. The molecular weight excluding hydrogens is 256 g/mol. The standard InChI is InChI=1S/C15H28N2O3/c1-19-14-5-3-4-13(12-14)17-10-8-16(9-11-17)7-6-15(18)20-2/h13-14H,3-12H2,1-2H3. The molecule has 116 valence electrons. The second-order valence-corrected chi connectivity index (χ2v) is 5.88. The minimum atomic E-state index is -0.109. The fourth-order valence-electron chi connectivity index (χ4n) is 3.37. The van der Waals surface area contributed by atoms with Crippen LogP contribution in [-0.2, 0) is 14.3 Å². The van der Waals surface area contributed by atoms with E-state index in [1.165, 1.54) is 32.8 Å². The van der Waals surface area contributed by atoms with Gasteiger partial charge in [0.25, 0.3) is 0 Å². The summed E-state index contributed by atoms with van der Waals surface area (Å²) in [6.45, 7) is 5.17. The first-order valence-corrected chi connectivity index (χ1v) is 7.79. The van der Waals surface area contributed by atoms with Crippen LogP contribution in [0.25, 0.3) is 0 Å². The molecule has 1 aliphatic carbocycles. The summed E-state index contributed by atoms with van der Waals surface area (Å²) in [5.41, 5.74) is 0. The van der Waals surface area contributed by atoms with Gasteiger partial charge in [-0.3, -0.25) is 9.69 Å². The zero-order valence-corrected chi connectivity index (χ0v) is 12.8. The number of piperazine rings is 1. The molecule has 5 nitrogen and oxygen atoms in total. The van der Waals surface area contributed by atoms with E-state index >= 15 is 0 Å². The van der Waals surface area contributed by atoms with E-state index in [0.29, 0.717) is 18.6 Å². The summed E-state index contributed by atoms with van der Waals surface area (Å²) in [7, 11) is 3.29. The minimum absolute atomic E-state index is 0.109. The van der Waals surface area contributed by atoms with Crippen molar-refractivity contribution in [3.8, 4) is 0 Å². The van der Waals surface area contributed by atoms with E-state index < -0.39 is 0 Å². The molecule has 2 unspecified atom stereocenters. The number of hydrogen-bond acceptors (Lipinski definition) is 5. The molecule has 0 radical (unpaired) electrons. The van der Waals surface area contributed by atoms with Gasteiger partial charge in [-0.2, -0.15) is 0 Å². The van der Waals surface area contributed by atoms with Gasteiger partial charge in [-0.1, -0.05) is 0 Å². The van der Waals surface area contributed by atoms with Gasteiger partial charge in [0.2, 0.25) is 0 Å². The second-order valence-electron chi connectivity index (χ2n) is 5.88. The van der Waals surface area contributed by atoms with Crippen molar-refractivity contribution in [3.63, 3.8) is 0 Å². The molecule has 0 bridgehead atoms. The highest BCUT2D eigenvalue weighted by molar-refractivity contribution is 5.69. The SMILES string of the molecule is COC(=O)CCN1CCN(C2CCCC(OC)C2)CC1. The van der Waals surface area contributed by atoms with E-state index in [0.717, 1.165) is 32.7 Å². The highest BCUT2D eigenvalue weighted by Gasteiger charge is 2.28. The predicted molar refractivity (Wildman–Crippen MR) is 77.7 cm³/mol. The molecule has 2 rings (SSSR count). The largest absolute Gasteiger partial charge is 0.469 e. The minimum Gasteiger partial charge on any atom is -0.469 e. The van der Waals surface area contributed by atoms with E-state index in [1.54, 1.807) is 0 Å². The van der Waals surface area contributed by atoms with Gasteiger partial charge < -0.3 is 14.4 Å². The smallest absolute Gasteiger partial charge is 0.306 e. The molecule has 0 spiro atoms. The lowest BCUT2D eigenvalue weighted by Crippen LogP contribution is -2.52. The number of methoxy groups -OCH3 is 2. The van der Waals surface area contributed by atoms with E-state index in [2.05, 4.69) is 9.80 Å². The van der Waals surface area contributed by atoms with Gasteiger partial charge in [-0.15, -0.1) is 0 Å². The zero-order valence-electron chi connectivity index (χ0n) is 12.8. The molecule has 0 aromatic heterocycles. The summed E-state index contributed by atoms with van der Waals surface area (Å²) < 4.78 is 10.2. The first kappa shape index (κ1) is 15.7. The molecule has 2 fully saturated rings. The lowest BCUT2D eigenvalue weighted by Gasteiger charge is -2.42. The predicted octanol–water partition coefficient (Wildman–Crippen LogP) is 1.12. The first-order valence-electron chi connectivity index (χ1n) is 7.79. The van der Waals surface area contributed by atoms with Gasteiger partial charge in [0.15, 0.2) is 0 Å². The van der Waals surface area contributed by atoms with Gasteiger partial charge in [0.05, 0.1) is 19.6 Å². The molecule has 20 heavy (non-hydrogen) atoms. The van der Waals surface area contributed by atoms with Crippen LogP contribution in [0.4, 0.5) is 0 Å². The Hall–Kier alpha value is -0.650. The molecule has 1 saturated heterocycles. The number of ether oxygens (including phenoxy) is 2. The lowest BCUT2D eigenvalue weighted by molar-refractivity contribution is -0.141. The molecule has 2 aliphatic rings. The van der Waals surface area contributed by atoms with Crippen molar-refractivity contribution in [2.24, 2.45) is 0 Å². The van der Waals surface area contributed by atoms with Crippen LogP contribution in [0.3, 0.4) is 0 Å². The molecule has 2 atom stereocenters. The van der Waals surface area contributed by atoms with Crippen LogP contribution < -0.4 is 0 Å². The normalized spacial score (nSPS) is 29.3. The molecule has 0 aromatic rings. The van der Waals surface area contributed by atoms with Crippen molar-refractivity contribution in [1.29, 1.82) is 0 Å². The maximum absolute atomic E-state index is 11.2. The van der Waals surface area contributed by atoms with Gasteiger partial charge in [-0.25, -0.2) is 0 Å². The van der Waals surface area contributed by atoms with Crippen LogP contribution in [0, 0.1) is 0 Å². The molecular formula is C15H28N2O3. The van der Waals surface area contributed by atoms with Crippen molar-refractivity contribution in [2.75, 3.05) is 46.9 Å². The summed E-state index contributed by atoms with van der Waals surface area (Å²) in [6.07, 6.45) is 5.94. The van der Waals surface area contributed by atoms with E-state index in [1.807, 2.05) is 7.11 Å². The second kappa shape index (κ2) is 7.96. The van der Waals surface area contributed by atoms with Gasteiger partial charge in [0.1, 0.15) is 0 Å². The number of hydrogen-bond donors (Lipinski definition) is 0. The average Bonchev–Trinajstić information content (AvgIpc) is 2.53. The molecule has 0 amide bonds. The van der Waals surface area contributed by atoms with Gasteiger partial charge in [0, 0.05) is 45.9 Å². The Kier molecular flexibility index (Phi) is 6.26. The lowest BCUT2D eigenvalue weighted by atomic mass is 9.91. The number of carbonyl (C=O) groups is 1. The van der Waals surface area contributed by atoms with E-state index in [4.69, 9.17) is 9.47 Å². The third kappa shape index (κ3) is 4.43. The van der Waals surface area contributed by atoms with Crippen LogP contribution >= 0.6 is 0 Å². The Morgan fingerprint density at radius 1 is 1.15 bits per heavy atom. The molecule has 0 aromatic carbocycles. The van der Waals surface area contributed by atoms with Crippen molar-refractivity contribution >= 4 is 5.97 Å². The number of esters is 1. The van der Waals surface area contributed by atoms with Crippen LogP contribution in [0.1, 0.15) is 32.1 Å². The molecule has 1 heterocycles. The third-order valence-electron chi connectivity index (χ3n) is 4.71. The summed E-state index contributed by atoms with van der Waals surface area (Å²) in [5.74, 6) is -0.109. The van der Waals surface area contributed by atoms with Crippen LogP contribution in [-0.4, -0.2) is 74.9 Å². The van der Waals surface area contributed by atoms with Crippen molar-refractivity contribution in [1.82, 2.24) is 9.80 Å². The Morgan fingerprint density at radius 2 is 1.90 bits per heavy atom. The van der Waals surface area contributed by atoms with Gasteiger partial charge >= 0.3 is 5.97 Å². The van der Waals surface area contributed by atoms with Crippen LogP contribution in [0.15, 0.2) is 0 Å². The quantitative estimate of drug-likeness (QED) is 0.708. The summed E-state index contributed by atoms with van der Waals surface area (Å²) in [4.78, 5) is 16.1. The Bertz CT molecular complexity index is 303. The van der Waals surface area contributed by atoms with E-state index in [-0.39, 0.29) is 5.97 Å². The van der Waals surface area contributed by atoms with Crippen LogP contribution in [0.2, 0.25) is 0 Å². The van der Waals surface area contributed by atoms with Crippen molar-refractivity contribution in [2.45, 2.75) is 44.2 Å². The maximum atomic E-state index is 11.2. The molecule has 1 saturated carbocycles. The average molecular weight is 284 g/mol. The van der Waals surface area contributed by atoms with E-state index in [9.17, 15) is 4.79 Å². The molecule has 0 N–H and O–H groups in total. The summed E-state index contributed by atoms with van der Waals surface area (Å²) >= 11 is 0. The Labute approximate surface area is 122 Å². The van der Waals surface area contributed by atoms with Crippen molar-refractivity contribution < 1.29 is 14.3 Å². The number of rotatable bonds is 5. The van der Waals surface area contributed by atoms with Crippen LogP contribution in [0.5, 0.6) is 0 Å². The van der Waals surface area contributed by atoms with Crippen molar-refractivity contribution in [3.05, 3.63) is 0 Å². The molecule has 1 aliphatic heterocycles.